The Morgan fingerprint density at radius 2 is 2.37 bits per heavy atom. The Labute approximate surface area is 116 Å². The van der Waals surface area contributed by atoms with Gasteiger partial charge in [0.05, 0.1) is 15.9 Å². The van der Waals surface area contributed by atoms with Gasteiger partial charge in [-0.05, 0) is 25.8 Å². The molecule has 1 amide bonds. The Balaban J connectivity index is 2.03. The second kappa shape index (κ2) is 5.58. The van der Waals surface area contributed by atoms with Crippen molar-refractivity contribution in [1.29, 1.82) is 0 Å². The predicted octanol–water partition coefficient (Wildman–Crippen LogP) is 0.613. The number of thiophene rings is 1. The Morgan fingerprint density at radius 1 is 1.63 bits per heavy atom. The van der Waals surface area contributed by atoms with E-state index in [2.05, 4.69) is 5.32 Å². The number of hydrogen-bond donors (Lipinski definition) is 2. The summed E-state index contributed by atoms with van der Waals surface area (Å²) in [5.74, 6) is -0.293. The summed E-state index contributed by atoms with van der Waals surface area (Å²) in [5.41, 5.74) is 0. The number of nitrogens with two attached hydrogens (primary N) is 1. The zero-order valence-electron chi connectivity index (χ0n) is 10.5. The molecule has 1 atom stereocenters. The molecular weight excluding hydrogens is 288 g/mol. The van der Waals surface area contributed by atoms with E-state index < -0.39 is 10.0 Å². The van der Waals surface area contributed by atoms with Crippen molar-refractivity contribution in [3.05, 3.63) is 15.8 Å². The molecule has 1 aliphatic heterocycles. The van der Waals surface area contributed by atoms with Crippen LogP contribution in [0.4, 0.5) is 0 Å². The molecule has 8 heteroatoms. The number of nitrogens with one attached hydrogen (secondary N) is 1. The van der Waals surface area contributed by atoms with Crippen LogP contribution in [-0.4, -0.2) is 33.6 Å². The average Bonchev–Trinajstić information content (AvgIpc) is 2.93. The van der Waals surface area contributed by atoms with Gasteiger partial charge in [-0.25, -0.2) is 13.6 Å². The molecule has 3 N–H and O–H groups in total. The molecule has 0 saturated carbocycles. The zero-order chi connectivity index (χ0) is 14.0. The standard InChI is InChI=1S/C11H16N2O4S2/c1-7-10(19(12,15)16)5-9(18-7)11(14)13-6-8-3-2-4-17-8/h5,8H,2-4,6H2,1H3,(H,13,14)(H2,12,15,16). The molecule has 0 spiro atoms. The fourth-order valence-corrected chi connectivity index (χ4v) is 4.02. The number of ether oxygens (including phenoxy) is 1. The molecule has 0 aliphatic carbocycles. The summed E-state index contributed by atoms with van der Waals surface area (Å²) >= 11 is 1.12. The van der Waals surface area contributed by atoms with Crippen molar-refractivity contribution in [3.8, 4) is 0 Å². The summed E-state index contributed by atoms with van der Waals surface area (Å²) in [7, 11) is -3.77. The van der Waals surface area contributed by atoms with Crippen molar-refractivity contribution >= 4 is 27.3 Å². The minimum Gasteiger partial charge on any atom is -0.376 e. The Morgan fingerprint density at radius 3 is 2.89 bits per heavy atom. The third kappa shape index (κ3) is 3.53. The second-order valence-corrected chi connectivity index (χ2v) is 7.21. The van der Waals surface area contributed by atoms with E-state index in [1.807, 2.05) is 0 Å². The second-order valence-electron chi connectivity index (χ2n) is 4.42. The van der Waals surface area contributed by atoms with Gasteiger partial charge in [0, 0.05) is 18.0 Å². The quantitative estimate of drug-likeness (QED) is 0.851. The molecule has 106 valence electrons. The molecule has 1 aromatic heterocycles. The fourth-order valence-electron chi connectivity index (χ4n) is 1.96. The van der Waals surface area contributed by atoms with Crippen LogP contribution in [0, 0.1) is 6.92 Å². The van der Waals surface area contributed by atoms with Crippen LogP contribution in [0.15, 0.2) is 11.0 Å². The van der Waals surface area contributed by atoms with E-state index in [4.69, 9.17) is 9.88 Å². The molecule has 2 rings (SSSR count). The maximum absolute atomic E-state index is 11.9. The lowest BCUT2D eigenvalue weighted by molar-refractivity contribution is 0.0861. The normalized spacial score (nSPS) is 19.6. The molecular formula is C11H16N2O4S2. The van der Waals surface area contributed by atoms with Crippen LogP contribution in [-0.2, 0) is 14.8 Å². The van der Waals surface area contributed by atoms with Gasteiger partial charge in [-0.15, -0.1) is 11.3 Å². The summed E-state index contributed by atoms with van der Waals surface area (Å²) in [6.07, 6.45) is 2.00. The molecule has 0 radical (unpaired) electrons. The van der Waals surface area contributed by atoms with Crippen molar-refractivity contribution < 1.29 is 17.9 Å². The first kappa shape index (κ1) is 14.4. The number of hydrogen-bond acceptors (Lipinski definition) is 5. The number of carbonyl (C=O) groups is 1. The first-order chi connectivity index (χ1) is 8.88. The third-order valence-electron chi connectivity index (χ3n) is 2.92. The molecule has 1 aliphatic rings. The van der Waals surface area contributed by atoms with Crippen molar-refractivity contribution in [3.63, 3.8) is 0 Å². The molecule has 1 aromatic rings. The van der Waals surface area contributed by atoms with Crippen LogP contribution < -0.4 is 10.5 Å². The Bertz CT molecular complexity index is 574. The van der Waals surface area contributed by atoms with Gasteiger partial charge >= 0.3 is 0 Å². The molecule has 19 heavy (non-hydrogen) atoms. The first-order valence-corrected chi connectivity index (χ1v) is 8.27. The van der Waals surface area contributed by atoms with Gasteiger partial charge in [0.2, 0.25) is 10.0 Å². The van der Waals surface area contributed by atoms with Crippen molar-refractivity contribution in [2.75, 3.05) is 13.2 Å². The van der Waals surface area contributed by atoms with Gasteiger partial charge < -0.3 is 10.1 Å². The van der Waals surface area contributed by atoms with Crippen LogP contribution >= 0.6 is 11.3 Å². The predicted molar refractivity (Wildman–Crippen MR) is 71.7 cm³/mol. The fraction of sp³-hybridized carbons (Fsp3) is 0.545. The molecule has 1 saturated heterocycles. The number of rotatable bonds is 4. The molecule has 0 aromatic carbocycles. The molecule has 6 nitrogen and oxygen atoms in total. The molecule has 0 bridgehead atoms. The lowest BCUT2D eigenvalue weighted by Crippen LogP contribution is -2.31. The van der Waals surface area contributed by atoms with Crippen LogP contribution in [0.25, 0.3) is 0 Å². The molecule has 1 unspecified atom stereocenters. The lowest BCUT2D eigenvalue weighted by Gasteiger charge is -2.09. The molecule has 1 fully saturated rings. The summed E-state index contributed by atoms with van der Waals surface area (Å²) in [6, 6.07) is 1.32. The maximum Gasteiger partial charge on any atom is 0.261 e. The minimum atomic E-state index is -3.77. The summed E-state index contributed by atoms with van der Waals surface area (Å²) in [5, 5.41) is 7.82. The van der Waals surface area contributed by atoms with Crippen LogP contribution in [0.1, 0.15) is 27.4 Å². The van der Waals surface area contributed by atoms with Crippen LogP contribution in [0.3, 0.4) is 0 Å². The first-order valence-electron chi connectivity index (χ1n) is 5.91. The number of sulfonamides is 1. The molecule has 2 heterocycles. The highest BCUT2D eigenvalue weighted by molar-refractivity contribution is 7.89. The largest absolute Gasteiger partial charge is 0.376 e. The van der Waals surface area contributed by atoms with Crippen molar-refractivity contribution in [2.24, 2.45) is 5.14 Å². The summed E-state index contributed by atoms with van der Waals surface area (Å²) < 4.78 is 28.0. The lowest BCUT2D eigenvalue weighted by atomic mass is 10.2. The van der Waals surface area contributed by atoms with Crippen LogP contribution in [0.2, 0.25) is 0 Å². The van der Waals surface area contributed by atoms with E-state index in [1.54, 1.807) is 6.92 Å². The summed E-state index contributed by atoms with van der Waals surface area (Å²) in [4.78, 5) is 12.8. The van der Waals surface area contributed by atoms with Gasteiger partial charge in [-0.3, -0.25) is 4.79 Å². The topological polar surface area (TPSA) is 98.5 Å². The SMILES string of the molecule is Cc1sc(C(=O)NCC2CCCO2)cc1S(N)(=O)=O. The highest BCUT2D eigenvalue weighted by atomic mass is 32.2. The van der Waals surface area contributed by atoms with Crippen molar-refractivity contribution in [1.82, 2.24) is 5.32 Å². The van der Waals surface area contributed by atoms with Gasteiger partial charge in [0.25, 0.3) is 5.91 Å². The third-order valence-corrected chi connectivity index (χ3v) is 5.13. The smallest absolute Gasteiger partial charge is 0.261 e. The van der Waals surface area contributed by atoms with E-state index >= 15 is 0 Å². The minimum absolute atomic E-state index is 0.0137. The average molecular weight is 304 g/mol. The van der Waals surface area contributed by atoms with Gasteiger partial charge in [-0.1, -0.05) is 0 Å². The monoisotopic (exact) mass is 304 g/mol. The zero-order valence-corrected chi connectivity index (χ0v) is 12.1. The highest BCUT2D eigenvalue weighted by Crippen LogP contribution is 2.24. The maximum atomic E-state index is 11.9. The van der Waals surface area contributed by atoms with E-state index in [0.29, 0.717) is 16.3 Å². The van der Waals surface area contributed by atoms with Gasteiger partial charge in [0.15, 0.2) is 0 Å². The van der Waals surface area contributed by atoms with Gasteiger partial charge in [-0.2, -0.15) is 0 Å². The number of amides is 1. The number of aryl methyl sites for hydroxylation is 1. The van der Waals surface area contributed by atoms with E-state index in [9.17, 15) is 13.2 Å². The van der Waals surface area contributed by atoms with Gasteiger partial charge in [0.1, 0.15) is 0 Å². The van der Waals surface area contributed by atoms with Crippen LogP contribution in [0.5, 0.6) is 0 Å². The van der Waals surface area contributed by atoms with Crippen molar-refractivity contribution in [2.45, 2.75) is 30.8 Å². The Hall–Kier alpha value is -0.960. The highest BCUT2D eigenvalue weighted by Gasteiger charge is 2.21. The van der Waals surface area contributed by atoms with E-state index in [-0.39, 0.29) is 16.9 Å². The van der Waals surface area contributed by atoms with E-state index in [1.165, 1.54) is 6.07 Å². The number of primary sulfonamides is 1. The summed E-state index contributed by atoms with van der Waals surface area (Å²) in [6.45, 7) is 2.80. The number of carbonyl (C=O) groups excluding carboxylic acids is 1. The van der Waals surface area contributed by atoms with E-state index in [0.717, 1.165) is 30.8 Å². The Kier molecular flexibility index (Phi) is 4.24.